The number of nitrogens with one attached hydrogen (secondary N) is 1. The maximum atomic E-state index is 5.75. The van der Waals surface area contributed by atoms with E-state index in [1.807, 2.05) is 30.3 Å². The summed E-state index contributed by atoms with van der Waals surface area (Å²) in [7, 11) is 0. The highest BCUT2D eigenvalue weighted by Gasteiger charge is 2.28. The van der Waals surface area contributed by atoms with Crippen molar-refractivity contribution in [3.05, 3.63) is 30.3 Å². The second-order valence-corrected chi connectivity index (χ2v) is 5.28. The average Bonchev–Trinajstić information content (AvgIpc) is 2.40. The van der Waals surface area contributed by atoms with Gasteiger partial charge in [-0.15, -0.1) is 0 Å². The predicted octanol–water partition coefficient (Wildman–Crippen LogP) is 2.14. The van der Waals surface area contributed by atoms with E-state index in [4.69, 9.17) is 4.74 Å². The number of rotatable bonds is 5. The van der Waals surface area contributed by atoms with Crippen molar-refractivity contribution in [3.8, 4) is 5.75 Å². The molecule has 1 heterocycles. The molecular formula is C15H24N2O. The second-order valence-electron chi connectivity index (χ2n) is 5.28. The van der Waals surface area contributed by atoms with Gasteiger partial charge in [-0.3, -0.25) is 4.90 Å². The van der Waals surface area contributed by atoms with Crippen LogP contribution in [0.5, 0.6) is 5.75 Å². The SMILES string of the molecule is CCC1(C)CN(CCOc2ccccc2)CCN1. The summed E-state index contributed by atoms with van der Waals surface area (Å²) in [5.41, 5.74) is 0.269. The monoisotopic (exact) mass is 248 g/mol. The molecular weight excluding hydrogens is 224 g/mol. The summed E-state index contributed by atoms with van der Waals surface area (Å²) in [5, 5.41) is 3.60. The van der Waals surface area contributed by atoms with Gasteiger partial charge < -0.3 is 10.1 Å². The van der Waals surface area contributed by atoms with E-state index in [1.54, 1.807) is 0 Å². The highest BCUT2D eigenvalue weighted by molar-refractivity contribution is 5.20. The molecule has 0 aromatic heterocycles. The van der Waals surface area contributed by atoms with Crippen LogP contribution in [0.25, 0.3) is 0 Å². The summed E-state index contributed by atoms with van der Waals surface area (Å²) in [4.78, 5) is 2.49. The summed E-state index contributed by atoms with van der Waals surface area (Å²) in [5.74, 6) is 0.964. The minimum atomic E-state index is 0.269. The molecule has 3 heteroatoms. The molecule has 3 nitrogen and oxygen atoms in total. The van der Waals surface area contributed by atoms with Gasteiger partial charge in [0.1, 0.15) is 12.4 Å². The molecule has 100 valence electrons. The zero-order chi connectivity index (χ0) is 12.8. The number of benzene rings is 1. The van der Waals surface area contributed by atoms with Crippen molar-refractivity contribution in [1.82, 2.24) is 10.2 Å². The van der Waals surface area contributed by atoms with Crippen LogP contribution in [0, 0.1) is 0 Å². The molecule has 0 amide bonds. The lowest BCUT2D eigenvalue weighted by atomic mass is 9.96. The third-order valence-corrected chi connectivity index (χ3v) is 3.75. The molecule has 1 N–H and O–H groups in total. The molecule has 1 aliphatic rings. The van der Waals surface area contributed by atoms with Crippen molar-refractivity contribution in [2.24, 2.45) is 0 Å². The molecule has 18 heavy (non-hydrogen) atoms. The van der Waals surface area contributed by atoms with Crippen LogP contribution in [0.15, 0.2) is 30.3 Å². The molecule has 1 unspecified atom stereocenters. The summed E-state index contributed by atoms with van der Waals surface area (Å²) in [6.07, 6.45) is 1.17. The fourth-order valence-corrected chi connectivity index (χ4v) is 2.38. The lowest BCUT2D eigenvalue weighted by molar-refractivity contribution is 0.121. The Hall–Kier alpha value is -1.06. The Kier molecular flexibility index (Phi) is 4.61. The number of hydrogen-bond acceptors (Lipinski definition) is 3. The zero-order valence-electron chi connectivity index (χ0n) is 11.5. The molecule has 0 bridgehead atoms. The normalized spacial score (nSPS) is 25.0. The molecule has 0 saturated carbocycles. The fourth-order valence-electron chi connectivity index (χ4n) is 2.38. The first kappa shape index (κ1) is 13.4. The summed E-state index contributed by atoms with van der Waals surface area (Å²) >= 11 is 0. The molecule has 0 spiro atoms. The molecule has 1 aliphatic heterocycles. The maximum Gasteiger partial charge on any atom is 0.119 e. The molecule has 0 aliphatic carbocycles. The molecule has 1 fully saturated rings. The quantitative estimate of drug-likeness (QED) is 0.864. The van der Waals surface area contributed by atoms with Crippen LogP contribution < -0.4 is 10.1 Å². The summed E-state index contributed by atoms with van der Waals surface area (Å²) < 4.78 is 5.75. The zero-order valence-corrected chi connectivity index (χ0v) is 11.5. The van der Waals surface area contributed by atoms with Crippen molar-refractivity contribution in [2.75, 3.05) is 32.8 Å². The van der Waals surface area contributed by atoms with Gasteiger partial charge in [-0.05, 0) is 25.5 Å². The lowest BCUT2D eigenvalue weighted by Crippen LogP contribution is -2.58. The van der Waals surface area contributed by atoms with Crippen LogP contribution >= 0.6 is 0 Å². The second kappa shape index (κ2) is 6.21. The van der Waals surface area contributed by atoms with Crippen molar-refractivity contribution in [3.63, 3.8) is 0 Å². The van der Waals surface area contributed by atoms with E-state index in [0.717, 1.165) is 38.5 Å². The largest absolute Gasteiger partial charge is 0.492 e. The van der Waals surface area contributed by atoms with E-state index in [-0.39, 0.29) is 5.54 Å². The van der Waals surface area contributed by atoms with E-state index in [9.17, 15) is 0 Å². The third kappa shape index (κ3) is 3.72. The molecule has 1 aromatic carbocycles. The van der Waals surface area contributed by atoms with Crippen molar-refractivity contribution in [1.29, 1.82) is 0 Å². The van der Waals surface area contributed by atoms with Gasteiger partial charge in [-0.2, -0.15) is 0 Å². The van der Waals surface area contributed by atoms with Gasteiger partial charge in [0.05, 0.1) is 0 Å². The van der Waals surface area contributed by atoms with E-state index in [2.05, 4.69) is 24.1 Å². The van der Waals surface area contributed by atoms with E-state index < -0.39 is 0 Å². The highest BCUT2D eigenvalue weighted by Crippen LogP contribution is 2.15. The van der Waals surface area contributed by atoms with Gasteiger partial charge in [-0.1, -0.05) is 25.1 Å². The van der Waals surface area contributed by atoms with Gasteiger partial charge >= 0.3 is 0 Å². The summed E-state index contributed by atoms with van der Waals surface area (Å²) in [6, 6.07) is 10.0. The van der Waals surface area contributed by atoms with Gasteiger partial charge in [-0.25, -0.2) is 0 Å². The van der Waals surface area contributed by atoms with Crippen molar-refractivity contribution in [2.45, 2.75) is 25.8 Å². The van der Waals surface area contributed by atoms with E-state index in [0.29, 0.717) is 0 Å². The van der Waals surface area contributed by atoms with Gasteiger partial charge in [0.2, 0.25) is 0 Å². The number of nitrogens with zero attached hydrogens (tertiary/aromatic N) is 1. The molecule has 2 rings (SSSR count). The number of ether oxygens (including phenoxy) is 1. The standard InChI is InChI=1S/C15H24N2O/c1-3-15(2)13-17(10-9-16-15)11-12-18-14-7-5-4-6-8-14/h4-8,16H,3,9-13H2,1-2H3. The molecule has 0 radical (unpaired) electrons. The van der Waals surface area contributed by atoms with E-state index in [1.165, 1.54) is 6.42 Å². The topological polar surface area (TPSA) is 24.5 Å². The Bertz CT molecular complexity index is 355. The highest BCUT2D eigenvalue weighted by atomic mass is 16.5. The number of para-hydroxylation sites is 1. The minimum absolute atomic E-state index is 0.269. The third-order valence-electron chi connectivity index (χ3n) is 3.75. The first-order valence-electron chi connectivity index (χ1n) is 6.87. The molecule has 1 atom stereocenters. The summed E-state index contributed by atoms with van der Waals surface area (Å²) in [6.45, 7) is 9.63. The Balaban J connectivity index is 1.74. The Morgan fingerprint density at radius 3 is 2.83 bits per heavy atom. The minimum Gasteiger partial charge on any atom is -0.492 e. The maximum absolute atomic E-state index is 5.75. The van der Waals surface area contributed by atoms with Crippen LogP contribution in [0.3, 0.4) is 0 Å². The smallest absolute Gasteiger partial charge is 0.119 e. The van der Waals surface area contributed by atoms with E-state index >= 15 is 0 Å². The Morgan fingerprint density at radius 1 is 1.33 bits per heavy atom. The van der Waals surface area contributed by atoms with Gasteiger partial charge in [0.25, 0.3) is 0 Å². The predicted molar refractivity (Wildman–Crippen MR) is 75.1 cm³/mol. The first-order chi connectivity index (χ1) is 8.72. The van der Waals surface area contributed by atoms with Crippen LogP contribution in [-0.2, 0) is 0 Å². The van der Waals surface area contributed by atoms with Crippen LogP contribution in [-0.4, -0.2) is 43.2 Å². The van der Waals surface area contributed by atoms with Crippen molar-refractivity contribution >= 4 is 0 Å². The Labute approximate surface area is 110 Å². The molecule has 1 saturated heterocycles. The van der Waals surface area contributed by atoms with Crippen LogP contribution in [0.2, 0.25) is 0 Å². The Morgan fingerprint density at radius 2 is 2.11 bits per heavy atom. The van der Waals surface area contributed by atoms with Gasteiger partial charge in [0, 0.05) is 31.7 Å². The molecule has 1 aromatic rings. The van der Waals surface area contributed by atoms with Gasteiger partial charge in [0.15, 0.2) is 0 Å². The number of piperazine rings is 1. The van der Waals surface area contributed by atoms with Crippen molar-refractivity contribution < 1.29 is 4.74 Å². The lowest BCUT2D eigenvalue weighted by Gasteiger charge is -2.41. The number of hydrogen-bond donors (Lipinski definition) is 1. The average molecular weight is 248 g/mol. The van der Waals surface area contributed by atoms with Crippen LogP contribution in [0.1, 0.15) is 20.3 Å². The fraction of sp³-hybridized carbons (Fsp3) is 0.600. The first-order valence-corrected chi connectivity index (χ1v) is 6.87. The van der Waals surface area contributed by atoms with Crippen LogP contribution in [0.4, 0.5) is 0 Å².